The third-order valence-corrected chi connectivity index (χ3v) is 3.37. The molecule has 3 rings (SSSR count). The van der Waals surface area contributed by atoms with E-state index in [2.05, 4.69) is 15.9 Å². The van der Waals surface area contributed by atoms with E-state index in [1.807, 2.05) is 12.1 Å². The summed E-state index contributed by atoms with van der Waals surface area (Å²) in [6.07, 6.45) is -0.945. The number of benzene rings is 1. The van der Waals surface area contributed by atoms with Crippen LogP contribution >= 0.6 is 27.5 Å². The minimum atomic E-state index is -0.945. The summed E-state index contributed by atoms with van der Waals surface area (Å²) < 4.78 is 11.4. The zero-order valence-electron chi connectivity index (χ0n) is 9.06. The average Bonchev–Trinajstić information content (AvgIpc) is 2.95. The smallest absolute Gasteiger partial charge is 0.169 e. The van der Waals surface area contributed by atoms with Crippen LogP contribution in [0.15, 0.2) is 49.9 Å². The number of fused-ring (bicyclic) bond motifs is 1. The van der Waals surface area contributed by atoms with Crippen LogP contribution in [0.25, 0.3) is 11.0 Å². The average molecular weight is 328 g/mol. The molecule has 5 heteroatoms. The fourth-order valence-corrected chi connectivity index (χ4v) is 2.34. The number of aliphatic hydroxyl groups excluding tert-OH is 1. The summed E-state index contributed by atoms with van der Waals surface area (Å²) in [7, 11) is 0. The van der Waals surface area contributed by atoms with Gasteiger partial charge in [-0.05, 0) is 40.2 Å². The molecule has 2 heterocycles. The van der Waals surface area contributed by atoms with Crippen molar-refractivity contribution in [2.75, 3.05) is 0 Å². The highest BCUT2D eigenvalue weighted by molar-refractivity contribution is 9.10. The molecule has 0 spiro atoms. The molecule has 0 aliphatic rings. The standard InChI is InChI=1S/C13H8BrClO3/c14-11-5-4-9(17-11)12(16)10-6-7-2-1-3-8(15)13(7)18-10/h1-6,12,16H. The molecule has 0 fully saturated rings. The van der Waals surface area contributed by atoms with Crippen molar-refractivity contribution in [2.24, 2.45) is 0 Å². The molecule has 0 saturated carbocycles. The fourth-order valence-electron chi connectivity index (χ4n) is 1.80. The Hall–Kier alpha value is -1.23. The lowest BCUT2D eigenvalue weighted by Crippen LogP contribution is -1.95. The molecule has 0 bridgehead atoms. The second kappa shape index (κ2) is 4.46. The van der Waals surface area contributed by atoms with Crippen LogP contribution in [0.3, 0.4) is 0 Å². The maximum Gasteiger partial charge on any atom is 0.169 e. The van der Waals surface area contributed by atoms with E-state index in [-0.39, 0.29) is 0 Å². The molecule has 0 aliphatic carbocycles. The highest BCUT2D eigenvalue weighted by Crippen LogP contribution is 2.32. The Morgan fingerprint density at radius 3 is 2.61 bits per heavy atom. The number of aliphatic hydroxyl groups is 1. The summed E-state index contributed by atoms with van der Waals surface area (Å²) in [5, 5.41) is 11.5. The zero-order chi connectivity index (χ0) is 12.7. The van der Waals surface area contributed by atoms with Gasteiger partial charge in [-0.3, -0.25) is 0 Å². The van der Waals surface area contributed by atoms with Crippen molar-refractivity contribution in [2.45, 2.75) is 6.10 Å². The molecule has 1 aromatic carbocycles. The number of hydrogen-bond acceptors (Lipinski definition) is 3. The maximum atomic E-state index is 10.1. The minimum absolute atomic E-state index is 0.403. The van der Waals surface area contributed by atoms with Gasteiger partial charge in [0.1, 0.15) is 11.5 Å². The van der Waals surface area contributed by atoms with Gasteiger partial charge in [-0.25, -0.2) is 0 Å². The van der Waals surface area contributed by atoms with Crippen LogP contribution in [0.4, 0.5) is 0 Å². The second-order valence-electron chi connectivity index (χ2n) is 3.85. The molecule has 0 amide bonds. The van der Waals surface area contributed by atoms with Gasteiger partial charge in [-0.15, -0.1) is 0 Å². The molecule has 3 nitrogen and oxygen atoms in total. The summed E-state index contributed by atoms with van der Waals surface area (Å²) in [6.45, 7) is 0. The van der Waals surface area contributed by atoms with Crippen LogP contribution < -0.4 is 0 Å². The predicted octanol–water partition coefficient (Wildman–Crippen LogP) is 4.52. The summed E-state index contributed by atoms with van der Waals surface area (Å²) in [5.74, 6) is 0.817. The predicted molar refractivity (Wildman–Crippen MR) is 71.7 cm³/mol. The third kappa shape index (κ3) is 1.96. The van der Waals surface area contributed by atoms with Crippen LogP contribution in [0.1, 0.15) is 17.6 Å². The summed E-state index contributed by atoms with van der Waals surface area (Å²) in [4.78, 5) is 0. The SMILES string of the molecule is OC(c1ccc(Br)o1)c1cc2cccc(Cl)c2o1. The first kappa shape index (κ1) is 11.8. The van der Waals surface area contributed by atoms with E-state index in [1.54, 1.807) is 24.3 Å². The molecule has 3 aromatic rings. The van der Waals surface area contributed by atoms with Gasteiger partial charge in [0, 0.05) is 5.39 Å². The molecular formula is C13H8BrClO3. The first-order valence-electron chi connectivity index (χ1n) is 5.26. The van der Waals surface area contributed by atoms with Crippen molar-refractivity contribution < 1.29 is 13.9 Å². The highest BCUT2D eigenvalue weighted by Gasteiger charge is 2.19. The van der Waals surface area contributed by atoms with E-state index < -0.39 is 6.10 Å². The number of hydrogen-bond donors (Lipinski definition) is 1. The number of rotatable bonds is 2. The summed E-state index contributed by atoms with van der Waals surface area (Å²) in [5.41, 5.74) is 0.568. The molecule has 1 atom stereocenters. The molecule has 1 N–H and O–H groups in total. The lowest BCUT2D eigenvalue weighted by atomic mass is 10.2. The lowest BCUT2D eigenvalue weighted by Gasteiger charge is -2.02. The Morgan fingerprint density at radius 1 is 1.11 bits per heavy atom. The van der Waals surface area contributed by atoms with E-state index in [1.165, 1.54) is 0 Å². The van der Waals surface area contributed by atoms with E-state index in [0.29, 0.717) is 26.8 Å². The van der Waals surface area contributed by atoms with Crippen LogP contribution in [-0.4, -0.2) is 5.11 Å². The van der Waals surface area contributed by atoms with Gasteiger partial charge < -0.3 is 13.9 Å². The molecule has 0 radical (unpaired) electrons. The first-order valence-corrected chi connectivity index (χ1v) is 6.43. The Labute approximate surface area is 116 Å². The maximum absolute atomic E-state index is 10.1. The molecule has 1 unspecified atom stereocenters. The van der Waals surface area contributed by atoms with Crippen molar-refractivity contribution >= 4 is 38.5 Å². The summed E-state index contributed by atoms with van der Waals surface area (Å²) >= 11 is 9.21. The normalized spacial score (nSPS) is 13.1. The van der Waals surface area contributed by atoms with Crippen LogP contribution in [0, 0.1) is 0 Å². The van der Waals surface area contributed by atoms with Crippen LogP contribution in [0.5, 0.6) is 0 Å². The van der Waals surface area contributed by atoms with Crippen molar-refractivity contribution in [3.8, 4) is 0 Å². The monoisotopic (exact) mass is 326 g/mol. The first-order chi connectivity index (χ1) is 8.65. The number of furan rings is 2. The van der Waals surface area contributed by atoms with Gasteiger partial charge >= 0.3 is 0 Å². The minimum Gasteiger partial charge on any atom is -0.456 e. The molecule has 2 aromatic heterocycles. The number of para-hydroxylation sites is 1. The van der Waals surface area contributed by atoms with E-state index >= 15 is 0 Å². The summed E-state index contributed by atoms with van der Waals surface area (Å²) in [6, 6.07) is 10.6. The third-order valence-electron chi connectivity index (χ3n) is 2.65. The Morgan fingerprint density at radius 2 is 1.94 bits per heavy atom. The fraction of sp³-hybridized carbons (Fsp3) is 0.0769. The molecule has 0 aliphatic heterocycles. The van der Waals surface area contributed by atoms with E-state index in [4.69, 9.17) is 20.4 Å². The largest absolute Gasteiger partial charge is 0.456 e. The molecule has 18 heavy (non-hydrogen) atoms. The van der Waals surface area contributed by atoms with Gasteiger partial charge in [0.25, 0.3) is 0 Å². The quantitative estimate of drug-likeness (QED) is 0.752. The topological polar surface area (TPSA) is 46.5 Å². The zero-order valence-corrected chi connectivity index (χ0v) is 11.4. The van der Waals surface area contributed by atoms with Gasteiger partial charge in [-0.2, -0.15) is 0 Å². The number of halogens is 2. The Kier molecular flexibility index (Phi) is 2.93. The Balaban J connectivity index is 2.06. The van der Waals surface area contributed by atoms with Gasteiger partial charge in [0.2, 0.25) is 0 Å². The second-order valence-corrected chi connectivity index (χ2v) is 5.04. The molecule has 92 valence electrons. The molecular weight excluding hydrogens is 319 g/mol. The van der Waals surface area contributed by atoms with E-state index in [9.17, 15) is 5.11 Å². The van der Waals surface area contributed by atoms with Crippen molar-refractivity contribution in [3.05, 3.63) is 57.6 Å². The van der Waals surface area contributed by atoms with Gasteiger partial charge in [0.05, 0.1) is 5.02 Å². The van der Waals surface area contributed by atoms with Gasteiger partial charge in [0.15, 0.2) is 16.4 Å². The highest BCUT2D eigenvalue weighted by atomic mass is 79.9. The van der Waals surface area contributed by atoms with Crippen molar-refractivity contribution in [3.63, 3.8) is 0 Å². The lowest BCUT2D eigenvalue weighted by molar-refractivity contribution is 0.163. The van der Waals surface area contributed by atoms with Gasteiger partial charge in [-0.1, -0.05) is 23.7 Å². The molecule has 0 saturated heterocycles. The van der Waals surface area contributed by atoms with Crippen LogP contribution in [0.2, 0.25) is 5.02 Å². The van der Waals surface area contributed by atoms with Crippen LogP contribution in [-0.2, 0) is 0 Å². The van der Waals surface area contributed by atoms with Crippen molar-refractivity contribution in [1.82, 2.24) is 0 Å². The van der Waals surface area contributed by atoms with E-state index in [0.717, 1.165) is 5.39 Å². The Bertz CT molecular complexity index is 701. The van der Waals surface area contributed by atoms with Crippen molar-refractivity contribution in [1.29, 1.82) is 0 Å².